The monoisotopic (exact) mass is 527 g/mol. The lowest BCUT2D eigenvalue weighted by molar-refractivity contribution is -0.665. The smallest absolute Gasteiger partial charge is 0.263 e. The molecule has 0 amide bonds. The molecule has 0 N–H and O–H groups in total. The Morgan fingerprint density at radius 2 is 1.81 bits per heavy atom. The van der Waals surface area contributed by atoms with Gasteiger partial charge in [-0.1, -0.05) is 80.3 Å². The van der Waals surface area contributed by atoms with Crippen molar-refractivity contribution in [3.8, 4) is 16.9 Å². The molecular weight excluding hydrogens is 492 g/mol. The minimum absolute atomic E-state index is 0.559. The Balaban J connectivity index is 1.54. The molecule has 0 radical (unpaired) electrons. The van der Waals surface area contributed by atoms with Crippen LogP contribution in [0.1, 0.15) is 39.1 Å². The molecule has 5 rings (SSSR count). The molecule has 1 aliphatic heterocycles. The van der Waals surface area contributed by atoms with Crippen molar-refractivity contribution in [2.45, 2.75) is 45.6 Å². The number of benzene rings is 3. The Bertz CT molecular complexity index is 1470. The molecule has 3 aromatic carbocycles. The zero-order chi connectivity index (χ0) is 25.9. The van der Waals surface area contributed by atoms with Crippen molar-refractivity contribution in [1.82, 2.24) is 0 Å². The first-order valence-electron chi connectivity index (χ1n) is 13.1. The number of anilines is 1. The van der Waals surface area contributed by atoms with Crippen molar-refractivity contribution >= 4 is 45.1 Å². The van der Waals surface area contributed by atoms with Crippen LogP contribution in [0.3, 0.4) is 0 Å². The van der Waals surface area contributed by atoms with Gasteiger partial charge in [0.1, 0.15) is 17.0 Å². The SMILES string of the molecule is CCC(=Cc1sc2ccc(OC)cc2[n+]1CC)/C=C1\Sc2ccc(-c3ccccc3)cc2N1CC(C)C. The van der Waals surface area contributed by atoms with Gasteiger partial charge >= 0.3 is 0 Å². The zero-order valence-electron chi connectivity index (χ0n) is 22.3. The Morgan fingerprint density at radius 1 is 1.00 bits per heavy atom. The number of aromatic nitrogens is 1. The van der Waals surface area contributed by atoms with Crippen LogP contribution in [0.2, 0.25) is 0 Å². The van der Waals surface area contributed by atoms with Crippen LogP contribution >= 0.6 is 23.1 Å². The minimum Gasteiger partial charge on any atom is -0.497 e. The van der Waals surface area contributed by atoms with Crippen molar-refractivity contribution in [2.75, 3.05) is 18.6 Å². The summed E-state index contributed by atoms with van der Waals surface area (Å²) in [5, 5.41) is 2.59. The second-order valence-electron chi connectivity index (χ2n) is 9.73. The van der Waals surface area contributed by atoms with Crippen LogP contribution in [0.25, 0.3) is 27.4 Å². The van der Waals surface area contributed by atoms with Crippen LogP contribution in [0.4, 0.5) is 5.69 Å². The highest BCUT2D eigenvalue weighted by molar-refractivity contribution is 8.03. The Hall–Kier alpha value is -3.02. The van der Waals surface area contributed by atoms with E-state index in [1.165, 1.54) is 47.5 Å². The van der Waals surface area contributed by atoms with E-state index >= 15 is 0 Å². The van der Waals surface area contributed by atoms with E-state index in [1.54, 1.807) is 7.11 Å². The molecule has 0 saturated carbocycles. The van der Waals surface area contributed by atoms with Gasteiger partial charge in [-0.05, 0) is 66.3 Å². The summed E-state index contributed by atoms with van der Waals surface area (Å²) in [5.74, 6) is 1.46. The molecule has 0 unspecified atom stereocenters. The first kappa shape index (κ1) is 25.6. The maximum Gasteiger partial charge on any atom is 0.263 e. The number of hydrogen-bond donors (Lipinski definition) is 0. The molecule has 0 bridgehead atoms. The second-order valence-corrected chi connectivity index (χ2v) is 11.9. The molecule has 3 nitrogen and oxygen atoms in total. The number of aryl methyl sites for hydroxylation is 1. The summed E-state index contributed by atoms with van der Waals surface area (Å²) in [6, 6.07) is 23.9. The summed E-state index contributed by atoms with van der Waals surface area (Å²) >= 11 is 3.74. The number of ether oxygens (including phenoxy) is 1. The third-order valence-corrected chi connectivity index (χ3v) is 8.89. The maximum absolute atomic E-state index is 5.49. The summed E-state index contributed by atoms with van der Waals surface area (Å²) in [6.07, 6.45) is 5.76. The lowest BCUT2D eigenvalue weighted by atomic mass is 10.0. The van der Waals surface area contributed by atoms with Crippen LogP contribution < -0.4 is 14.2 Å². The Morgan fingerprint density at radius 3 is 2.51 bits per heavy atom. The number of methoxy groups -OCH3 is 1. The van der Waals surface area contributed by atoms with Gasteiger partial charge in [-0.25, -0.2) is 0 Å². The van der Waals surface area contributed by atoms with Crippen LogP contribution in [-0.2, 0) is 6.54 Å². The molecule has 0 spiro atoms. The lowest BCUT2D eigenvalue weighted by Gasteiger charge is -2.23. The predicted molar refractivity (Wildman–Crippen MR) is 161 cm³/mol. The van der Waals surface area contributed by atoms with Crippen LogP contribution in [0.5, 0.6) is 5.75 Å². The fourth-order valence-electron chi connectivity index (χ4n) is 4.78. The average molecular weight is 528 g/mol. The molecule has 0 atom stereocenters. The largest absolute Gasteiger partial charge is 0.497 e. The standard InChI is InChI=1S/C32H35N2OS2/c1-6-23(17-31-33(7-2)28-20-26(35-5)14-16-30(28)36-31)18-32-34(21-22(3)4)27-19-25(13-15-29(27)37-32)24-11-9-8-10-12-24/h8-20,22H,6-7,21H2,1-5H3/q+1. The molecule has 190 valence electrons. The van der Waals surface area contributed by atoms with Gasteiger partial charge in [0, 0.05) is 17.5 Å². The average Bonchev–Trinajstić information content (AvgIpc) is 3.44. The van der Waals surface area contributed by atoms with E-state index in [0.29, 0.717) is 5.92 Å². The second kappa shape index (κ2) is 11.2. The highest BCUT2D eigenvalue weighted by Gasteiger charge is 2.27. The van der Waals surface area contributed by atoms with Crippen molar-refractivity contribution in [3.05, 3.63) is 88.4 Å². The van der Waals surface area contributed by atoms with Crippen molar-refractivity contribution in [3.63, 3.8) is 0 Å². The summed E-state index contributed by atoms with van der Waals surface area (Å²) in [5.41, 5.74) is 6.42. The van der Waals surface area contributed by atoms with Crippen LogP contribution in [0.15, 0.2) is 88.3 Å². The normalized spacial score (nSPS) is 14.7. The Labute approximate surface area is 229 Å². The summed E-state index contributed by atoms with van der Waals surface area (Å²) in [4.78, 5) is 3.85. The summed E-state index contributed by atoms with van der Waals surface area (Å²) < 4.78 is 9.17. The molecule has 1 aromatic heterocycles. The van der Waals surface area contributed by atoms with Crippen LogP contribution in [0, 0.1) is 5.92 Å². The van der Waals surface area contributed by atoms with Gasteiger partial charge < -0.3 is 9.64 Å². The maximum atomic E-state index is 5.49. The summed E-state index contributed by atoms with van der Waals surface area (Å²) in [7, 11) is 1.73. The fraction of sp³-hybridized carbons (Fsp3) is 0.281. The molecule has 0 saturated heterocycles. The van der Waals surface area contributed by atoms with Gasteiger partial charge in [0.2, 0.25) is 5.52 Å². The third kappa shape index (κ3) is 5.34. The van der Waals surface area contributed by atoms with Gasteiger partial charge in [-0.2, -0.15) is 4.57 Å². The quantitative estimate of drug-likeness (QED) is 0.213. The topological polar surface area (TPSA) is 16.4 Å². The molecule has 0 aliphatic carbocycles. The molecule has 5 heteroatoms. The van der Waals surface area contributed by atoms with Crippen LogP contribution in [-0.4, -0.2) is 13.7 Å². The summed E-state index contributed by atoms with van der Waals surface area (Å²) in [6.45, 7) is 11.0. The molecule has 2 heterocycles. The lowest BCUT2D eigenvalue weighted by Crippen LogP contribution is -2.33. The van der Waals surface area contributed by atoms with Crippen molar-refractivity contribution in [1.29, 1.82) is 0 Å². The van der Waals surface area contributed by atoms with E-state index in [1.807, 2.05) is 23.1 Å². The predicted octanol–water partition coefficient (Wildman–Crippen LogP) is 8.79. The van der Waals surface area contributed by atoms with E-state index in [9.17, 15) is 0 Å². The minimum atomic E-state index is 0.559. The Kier molecular flexibility index (Phi) is 7.73. The van der Waals surface area contributed by atoms with Gasteiger partial charge in [-0.15, -0.1) is 0 Å². The highest BCUT2D eigenvalue weighted by Crippen LogP contribution is 2.48. The number of thioether (sulfide) groups is 1. The number of allylic oxidation sites excluding steroid dienone is 2. The highest BCUT2D eigenvalue weighted by atomic mass is 32.2. The zero-order valence-corrected chi connectivity index (χ0v) is 24.0. The molecule has 37 heavy (non-hydrogen) atoms. The van der Waals surface area contributed by atoms with E-state index in [0.717, 1.165) is 25.3 Å². The van der Waals surface area contributed by atoms with Crippen molar-refractivity contribution in [2.24, 2.45) is 5.92 Å². The van der Waals surface area contributed by atoms with Crippen molar-refractivity contribution < 1.29 is 9.30 Å². The first-order chi connectivity index (χ1) is 18.0. The number of rotatable bonds is 8. The number of hydrogen-bond acceptors (Lipinski definition) is 4. The number of nitrogens with zero attached hydrogens (tertiary/aromatic N) is 2. The molecule has 1 aliphatic rings. The van der Waals surface area contributed by atoms with Gasteiger partial charge in [0.15, 0.2) is 0 Å². The van der Waals surface area contributed by atoms with E-state index in [-0.39, 0.29) is 0 Å². The van der Waals surface area contributed by atoms with Gasteiger partial charge in [0.25, 0.3) is 5.01 Å². The van der Waals surface area contributed by atoms with E-state index < -0.39 is 0 Å². The van der Waals surface area contributed by atoms with Gasteiger partial charge in [0.05, 0.1) is 23.9 Å². The molecule has 0 fully saturated rings. The fourth-order valence-corrected chi connectivity index (χ4v) is 7.09. The van der Waals surface area contributed by atoms with Gasteiger partial charge in [-0.3, -0.25) is 0 Å². The number of fused-ring (bicyclic) bond motifs is 2. The molecular formula is C32H35N2OS2+. The van der Waals surface area contributed by atoms with E-state index in [2.05, 4.69) is 116 Å². The number of thiazole rings is 1. The first-order valence-corrected chi connectivity index (χ1v) is 14.7. The molecule has 4 aromatic rings. The third-order valence-electron chi connectivity index (χ3n) is 6.66. The van der Waals surface area contributed by atoms with E-state index in [4.69, 9.17) is 4.74 Å².